The van der Waals surface area contributed by atoms with Crippen LogP contribution in [0.2, 0.25) is 0 Å². The number of benzene rings is 1. The first-order chi connectivity index (χ1) is 9.21. The minimum Gasteiger partial charge on any atom is -0.507 e. The van der Waals surface area contributed by atoms with E-state index in [-0.39, 0.29) is 35.9 Å². The number of nitrogens with zero attached hydrogens (tertiary/aromatic N) is 1. The van der Waals surface area contributed by atoms with E-state index in [1.54, 1.807) is 0 Å². The monoisotopic (exact) mass is 277 g/mol. The van der Waals surface area contributed by atoms with Crippen LogP contribution >= 0.6 is 0 Å². The van der Waals surface area contributed by atoms with Crippen LogP contribution in [0.3, 0.4) is 0 Å². The lowest BCUT2D eigenvalue weighted by atomic mass is 9.81. The number of hydrogen-bond donors (Lipinski definition) is 2. The maximum Gasteiger partial charge on any atom is 0.339 e. The molecule has 1 aromatic carbocycles. The molecule has 1 fully saturated rings. The van der Waals surface area contributed by atoms with Gasteiger partial charge in [-0.3, -0.25) is 14.5 Å². The van der Waals surface area contributed by atoms with E-state index in [1.165, 1.54) is 12.1 Å². The number of carboxylic acids is 1. The van der Waals surface area contributed by atoms with E-state index in [2.05, 4.69) is 0 Å². The number of carbonyl (C=O) groups excluding carboxylic acids is 2. The number of carboxylic acid groups (broad SMARTS) is 1. The largest absolute Gasteiger partial charge is 0.507 e. The molecular formula is C14H15NO5. The first-order valence-corrected chi connectivity index (χ1v) is 6.13. The van der Waals surface area contributed by atoms with Crippen molar-refractivity contribution < 1.29 is 24.6 Å². The fraction of sp³-hybridized carbons (Fsp3) is 0.357. The number of hydrogen-bond acceptors (Lipinski definition) is 4. The van der Waals surface area contributed by atoms with Gasteiger partial charge in [-0.1, -0.05) is 13.8 Å². The highest BCUT2D eigenvalue weighted by atomic mass is 16.4. The SMILES string of the molecule is CC1(C)CC(=O)N(c2ccc(O)c(C(=O)O)c2)C(=O)C1. The molecule has 1 aliphatic rings. The Morgan fingerprint density at radius 3 is 2.25 bits per heavy atom. The molecule has 1 saturated heterocycles. The number of aromatic carboxylic acids is 1. The Morgan fingerprint density at radius 1 is 1.20 bits per heavy atom. The van der Waals surface area contributed by atoms with E-state index in [0.29, 0.717) is 0 Å². The topological polar surface area (TPSA) is 94.9 Å². The van der Waals surface area contributed by atoms with Gasteiger partial charge >= 0.3 is 5.97 Å². The van der Waals surface area contributed by atoms with Crippen LogP contribution < -0.4 is 4.90 Å². The van der Waals surface area contributed by atoms with E-state index in [1.807, 2.05) is 13.8 Å². The molecule has 0 bridgehead atoms. The van der Waals surface area contributed by atoms with Gasteiger partial charge in [-0.15, -0.1) is 0 Å². The van der Waals surface area contributed by atoms with E-state index in [9.17, 15) is 19.5 Å². The molecule has 106 valence electrons. The van der Waals surface area contributed by atoms with Crippen molar-refractivity contribution in [3.8, 4) is 5.75 Å². The van der Waals surface area contributed by atoms with Gasteiger partial charge in [0.2, 0.25) is 11.8 Å². The van der Waals surface area contributed by atoms with Crippen molar-refractivity contribution >= 4 is 23.5 Å². The first-order valence-electron chi connectivity index (χ1n) is 6.13. The summed E-state index contributed by atoms with van der Waals surface area (Å²) in [4.78, 5) is 36.1. The summed E-state index contributed by atoms with van der Waals surface area (Å²) in [7, 11) is 0. The Labute approximate surface area is 115 Å². The van der Waals surface area contributed by atoms with Crippen molar-refractivity contribution in [2.24, 2.45) is 5.41 Å². The molecule has 20 heavy (non-hydrogen) atoms. The fourth-order valence-corrected chi connectivity index (χ4v) is 2.30. The molecule has 0 aromatic heterocycles. The van der Waals surface area contributed by atoms with E-state index in [0.717, 1.165) is 11.0 Å². The van der Waals surface area contributed by atoms with Crippen molar-refractivity contribution in [3.63, 3.8) is 0 Å². The summed E-state index contributed by atoms with van der Waals surface area (Å²) in [6, 6.07) is 3.65. The predicted octanol–water partition coefficient (Wildman–Crippen LogP) is 1.77. The Hall–Kier alpha value is -2.37. The van der Waals surface area contributed by atoms with Gasteiger partial charge in [0, 0.05) is 12.8 Å². The Morgan fingerprint density at radius 2 is 1.75 bits per heavy atom. The zero-order valence-electron chi connectivity index (χ0n) is 11.2. The van der Waals surface area contributed by atoms with Crippen LogP contribution in [0.15, 0.2) is 18.2 Å². The second-order valence-electron chi connectivity index (χ2n) is 5.65. The Balaban J connectivity index is 2.42. The molecule has 0 radical (unpaired) electrons. The molecular weight excluding hydrogens is 262 g/mol. The minimum atomic E-state index is -1.32. The molecule has 2 amide bonds. The standard InChI is InChI=1S/C14H15NO5/c1-14(2)6-11(17)15(12(18)7-14)8-3-4-10(16)9(5-8)13(19)20/h3-5,16H,6-7H2,1-2H3,(H,19,20). The summed E-state index contributed by atoms with van der Waals surface area (Å²) in [5.74, 6) is -2.46. The summed E-state index contributed by atoms with van der Waals surface area (Å²) in [6.07, 6.45) is 0.421. The van der Waals surface area contributed by atoms with Crippen LogP contribution in [-0.2, 0) is 9.59 Å². The lowest BCUT2D eigenvalue weighted by Crippen LogP contribution is -2.46. The summed E-state index contributed by atoms with van der Waals surface area (Å²) in [5, 5.41) is 18.4. The Kier molecular flexibility index (Phi) is 3.25. The molecule has 1 aliphatic heterocycles. The number of imide groups is 1. The number of phenols is 1. The number of anilines is 1. The maximum atomic E-state index is 12.1. The molecule has 0 atom stereocenters. The molecule has 2 rings (SSSR count). The third-order valence-electron chi connectivity index (χ3n) is 3.23. The third-order valence-corrected chi connectivity index (χ3v) is 3.23. The highest BCUT2D eigenvalue weighted by molar-refractivity contribution is 6.17. The highest BCUT2D eigenvalue weighted by Gasteiger charge is 2.38. The molecule has 0 spiro atoms. The van der Waals surface area contributed by atoms with Gasteiger partial charge in [0.25, 0.3) is 0 Å². The zero-order chi connectivity index (χ0) is 15.1. The number of piperidine rings is 1. The molecule has 0 unspecified atom stereocenters. The quantitative estimate of drug-likeness (QED) is 0.803. The summed E-state index contributed by atoms with van der Waals surface area (Å²) in [6.45, 7) is 3.67. The molecule has 0 aliphatic carbocycles. The minimum absolute atomic E-state index is 0.172. The molecule has 6 nitrogen and oxygen atoms in total. The van der Waals surface area contributed by atoms with Gasteiger partial charge < -0.3 is 10.2 Å². The van der Waals surface area contributed by atoms with Gasteiger partial charge in [0.05, 0.1) is 5.69 Å². The average Bonchev–Trinajstić information content (AvgIpc) is 2.28. The molecule has 6 heteroatoms. The van der Waals surface area contributed by atoms with Crippen LogP contribution in [0, 0.1) is 5.41 Å². The zero-order valence-corrected chi connectivity index (χ0v) is 11.2. The van der Waals surface area contributed by atoms with E-state index >= 15 is 0 Å². The van der Waals surface area contributed by atoms with Gasteiger partial charge in [-0.25, -0.2) is 4.79 Å². The van der Waals surface area contributed by atoms with Gasteiger partial charge in [-0.2, -0.15) is 0 Å². The summed E-state index contributed by atoms with van der Waals surface area (Å²) >= 11 is 0. The van der Waals surface area contributed by atoms with Crippen molar-refractivity contribution in [3.05, 3.63) is 23.8 Å². The first kappa shape index (κ1) is 14.0. The lowest BCUT2D eigenvalue weighted by Gasteiger charge is -2.34. The van der Waals surface area contributed by atoms with Gasteiger partial charge in [-0.05, 0) is 23.6 Å². The highest BCUT2D eigenvalue weighted by Crippen LogP contribution is 2.35. The molecule has 0 saturated carbocycles. The smallest absolute Gasteiger partial charge is 0.339 e. The Bertz CT molecular complexity index is 586. The average molecular weight is 277 g/mol. The number of carbonyl (C=O) groups is 3. The van der Waals surface area contributed by atoms with E-state index in [4.69, 9.17) is 5.11 Å². The second kappa shape index (κ2) is 4.63. The molecule has 1 aromatic rings. The number of aromatic hydroxyl groups is 1. The van der Waals surface area contributed by atoms with Crippen LogP contribution in [-0.4, -0.2) is 28.0 Å². The summed E-state index contributed by atoms with van der Waals surface area (Å²) in [5.41, 5.74) is -0.560. The summed E-state index contributed by atoms with van der Waals surface area (Å²) < 4.78 is 0. The predicted molar refractivity (Wildman–Crippen MR) is 70.6 cm³/mol. The van der Waals surface area contributed by atoms with Crippen LogP contribution in [0.1, 0.15) is 37.0 Å². The number of amides is 2. The van der Waals surface area contributed by atoms with Crippen LogP contribution in [0.5, 0.6) is 5.75 Å². The van der Waals surface area contributed by atoms with E-state index < -0.39 is 17.1 Å². The number of rotatable bonds is 2. The van der Waals surface area contributed by atoms with Crippen molar-refractivity contribution in [1.82, 2.24) is 0 Å². The van der Waals surface area contributed by atoms with Crippen molar-refractivity contribution in [1.29, 1.82) is 0 Å². The van der Waals surface area contributed by atoms with Crippen molar-refractivity contribution in [2.45, 2.75) is 26.7 Å². The third kappa shape index (κ3) is 2.49. The molecule has 1 heterocycles. The van der Waals surface area contributed by atoms with Crippen LogP contribution in [0.4, 0.5) is 5.69 Å². The second-order valence-corrected chi connectivity index (χ2v) is 5.65. The van der Waals surface area contributed by atoms with Gasteiger partial charge in [0.15, 0.2) is 0 Å². The van der Waals surface area contributed by atoms with Crippen molar-refractivity contribution in [2.75, 3.05) is 4.90 Å². The molecule has 2 N–H and O–H groups in total. The normalized spacial score (nSPS) is 18.2. The van der Waals surface area contributed by atoms with Crippen LogP contribution in [0.25, 0.3) is 0 Å². The maximum absolute atomic E-state index is 12.1. The fourth-order valence-electron chi connectivity index (χ4n) is 2.30. The lowest BCUT2D eigenvalue weighted by molar-refractivity contribution is -0.132. The van der Waals surface area contributed by atoms with Gasteiger partial charge in [0.1, 0.15) is 11.3 Å².